The van der Waals surface area contributed by atoms with Gasteiger partial charge in [-0.2, -0.15) is 0 Å². The van der Waals surface area contributed by atoms with Gasteiger partial charge in [0.15, 0.2) is 5.03 Å². The molecule has 0 spiro atoms. The number of aromatic nitrogens is 2. The highest BCUT2D eigenvalue weighted by Crippen LogP contribution is 2.44. The van der Waals surface area contributed by atoms with Gasteiger partial charge in [0.2, 0.25) is 0 Å². The van der Waals surface area contributed by atoms with E-state index >= 15 is 0 Å². The maximum Gasteiger partial charge on any atom is 0.320 e. The average Bonchev–Trinajstić information content (AvgIpc) is 3.45. The Morgan fingerprint density at radius 2 is 1.93 bits per heavy atom. The number of carbonyl (C=O) groups excluding carboxylic acids is 1. The highest BCUT2D eigenvalue weighted by Gasteiger charge is 2.42. The number of rotatable bonds is 4. The van der Waals surface area contributed by atoms with Crippen molar-refractivity contribution < 1.29 is 14.6 Å². The molecule has 1 aliphatic heterocycles. The highest BCUT2D eigenvalue weighted by molar-refractivity contribution is 6.36. The number of hydrazine groups is 1. The molecule has 148 valence electrons. The van der Waals surface area contributed by atoms with Crippen LogP contribution < -0.4 is 9.75 Å². The first-order valence-corrected chi connectivity index (χ1v) is 9.21. The van der Waals surface area contributed by atoms with Crippen molar-refractivity contribution >= 4 is 34.1 Å². The Balaban J connectivity index is 1.77. The number of fused-ring (bicyclic) bond motifs is 2. The molecule has 3 heterocycles. The van der Waals surface area contributed by atoms with Gasteiger partial charge in [-0.25, -0.2) is 10.1 Å². The van der Waals surface area contributed by atoms with Gasteiger partial charge in [-0.05, 0) is 57.9 Å². The van der Waals surface area contributed by atoms with Crippen molar-refractivity contribution in [1.29, 1.82) is 0 Å². The van der Waals surface area contributed by atoms with Gasteiger partial charge in [-0.1, -0.05) is 18.2 Å². The first-order valence-electron chi connectivity index (χ1n) is 9.21. The maximum atomic E-state index is 13.0. The normalized spacial score (nSPS) is 14.5. The predicted octanol–water partition coefficient (Wildman–Crippen LogP) is 4.25. The molecule has 4 aromatic rings. The Morgan fingerprint density at radius 1 is 1.10 bits per heavy atom. The molecule has 0 radical (unpaired) electrons. The van der Waals surface area contributed by atoms with E-state index < -0.39 is 10.9 Å². The summed E-state index contributed by atoms with van der Waals surface area (Å²) in [5, 5.41) is 12.6. The minimum atomic E-state index is -0.693. The molecule has 0 unspecified atom stereocenters. The molecule has 1 aliphatic rings. The van der Waals surface area contributed by atoms with Crippen LogP contribution in [0.4, 0.5) is 5.69 Å². The third-order valence-corrected chi connectivity index (χ3v) is 5.24. The van der Waals surface area contributed by atoms with Gasteiger partial charge in [0.25, 0.3) is 0 Å². The van der Waals surface area contributed by atoms with Gasteiger partial charge in [0.05, 0.1) is 18.4 Å². The molecule has 1 amide bonds. The highest BCUT2D eigenvalue weighted by atomic mass is 16.7. The fourth-order valence-electron chi connectivity index (χ4n) is 3.89. The molecule has 0 saturated carbocycles. The largest absolute Gasteiger partial charge is 0.495 e. The van der Waals surface area contributed by atoms with E-state index in [1.165, 1.54) is 7.11 Å². The molecule has 5 rings (SSSR count). The summed E-state index contributed by atoms with van der Waals surface area (Å²) < 4.78 is 5.31. The predicted molar refractivity (Wildman–Crippen MR) is 113 cm³/mol. The lowest BCUT2D eigenvalue weighted by Crippen LogP contribution is -2.32. The van der Waals surface area contributed by atoms with Crippen LogP contribution in [0.15, 0.2) is 60.9 Å². The third kappa shape index (κ3) is 2.58. The fourth-order valence-corrected chi connectivity index (χ4v) is 3.89. The summed E-state index contributed by atoms with van der Waals surface area (Å²) in [5.41, 5.74) is 4.15. The number of hydrogen-bond acceptors (Lipinski definition) is 4. The van der Waals surface area contributed by atoms with Crippen molar-refractivity contribution in [3.05, 3.63) is 82.3 Å². The first-order chi connectivity index (χ1) is 14.6. The Bertz CT molecular complexity index is 1350. The van der Waals surface area contributed by atoms with Crippen molar-refractivity contribution in [1.82, 2.24) is 9.97 Å². The molecule has 0 atom stereocenters. The lowest BCUT2D eigenvalue weighted by atomic mass is 9.94. The first kappa shape index (κ1) is 17.7. The van der Waals surface area contributed by atoms with E-state index in [2.05, 4.69) is 9.97 Å². The minimum absolute atomic E-state index is 0.229. The summed E-state index contributed by atoms with van der Waals surface area (Å²) in [6, 6.07) is 14.7. The van der Waals surface area contributed by atoms with E-state index in [9.17, 15) is 14.9 Å². The summed E-state index contributed by atoms with van der Waals surface area (Å²) >= 11 is 0. The number of aromatic amines is 2. The summed E-state index contributed by atoms with van der Waals surface area (Å²) in [6.45, 7) is 0. The summed E-state index contributed by atoms with van der Waals surface area (Å²) in [4.78, 5) is 30.9. The van der Waals surface area contributed by atoms with Crippen molar-refractivity contribution in [2.45, 2.75) is 0 Å². The number of nitrogens with zero attached hydrogens (tertiary/aromatic N) is 2. The Hall–Kier alpha value is -4.33. The van der Waals surface area contributed by atoms with Crippen LogP contribution in [0.3, 0.4) is 0 Å². The van der Waals surface area contributed by atoms with E-state index in [0.717, 1.165) is 22.0 Å². The molecule has 8 heteroatoms. The lowest BCUT2D eigenvalue weighted by molar-refractivity contribution is -0.482. The fraction of sp³-hybridized carbons (Fsp3) is 0.0455. The molecule has 8 nitrogen and oxygen atoms in total. The number of H-pyrrole nitrogens is 2. The van der Waals surface area contributed by atoms with Crippen LogP contribution in [0, 0.1) is 10.1 Å². The SMILES string of the molecule is COc1cc[nH]c1C=C1C(=O)N([N+](=O)[O-])c2cccc(-c3ccc4[nH]ccc4c3)c21. The molecule has 0 fully saturated rings. The average molecular weight is 400 g/mol. The zero-order chi connectivity index (χ0) is 20.8. The molecular formula is C22H16N4O4. The summed E-state index contributed by atoms with van der Waals surface area (Å²) in [5.74, 6) is -0.149. The van der Waals surface area contributed by atoms with Crippen LogP contribution in [-0.2, 0) is 4.79 Å². The molecule has 2 N–H and O–H groups in total. The van der Waals surface area contributed by atoms with Crippen LogP contribution in [0.2, 0.25) is 0 Å². The summed E-state index contributed by atoms with van der Waals surface area (Å²) in [7, 11) is 1.52. The van der Waals surface area contributed by atoms with Crippen molar-refractivity contribution in [2.75, 3.05) is 12.1 Å². The van der Waals surface area contributed by atoms with Crippen molar-refractivity contribution in [3.8, 4) is 16.9 Å². The van der Waals surface area contributed by atoms with Crippen molar-refractivity contribution in [2.24, 2.45) is 0 Å². The van der Waals surface area contributed by atoms with Gasteiger partial charge in [0, 0.05) is 23.5 Å². The Morgan fingerprint density at radius 3 is 2.73 bits per heavy atom. The number of anilines is 1. The third-order valence-electron chi connectivity index (χ3n) is 5.24. The molecule has 0 aliphatic carbocycles. The minimum Gasteiger partial charge on any atom is -0.495 e. The maximum absolute atomic E-state index is 13.0. The van der Waals surface area contributed by atoms with Crippen LogP contribution in [0.5, 0.6) is 5.75 Å². The number of nitrogens with one attached hydrogen (secondary N) is 2. The topological polar surface area (TPSA) is 104 Å². The van der Waals surface area contributed by atoms with E-state index in [4.69, 9.17) is 4.74 Å². The Kier molecular flexibility index (Phi) is 3.92. The zero-order valence-corrected chi connectivity index (χ0v) is 15.9. The van der Waals surface area contributed by atoms with Crippen LogP contribution in [-0.4, -0.2) is 28.0 Å². The second-order valence-electron chi connectivity index (χ2n) is 6.85. The quantitative estimate of drug-likeness (QED) is 0.303. The summed E-state index contributed by atoms with van der Waals surface area (Å²) in [6.07, 6.45) is 5.13. The molecule has 30 heavy (non-hydrogen) atoms. The van der Waals surface area contributed by atoms with E-state index in [0.29, 0.717) is 22.0 Å². The number of amides is 1. The zero-order valence-electron chi connectivity index (χ0n) is 15.9. The molecule has 0 bridgehead atoms. The van der Waals surface area contributed by atoms with Crippen LogP contribution in [0.1, 0.15) is 11.3 Å². The van der Waals surface area contributed by atoms with Crippen LogP contribution >= 0.6 is 0 Å². The van der Waals surface area contributed by atoms with Crippen LogP contribution in [0.25, 0.3) is 33.7 Å². The number of ether oxygens (including phenoxy) is 1. The second kappa shape index (κ2) is 6.63. The van der Waals surface area contributed by atoms with Gasteiger partial charge in [-0.15, -0.1) is 0 Å². The van der Waals surface area contributed by atoms with Gasteiger partial charge >= 0.3 is 5.91 Å². The van der Waals surface area contributed by atoms with Gasteiger partial charge in [-0.3, -0.25) is 4.79 Å². The smallest absolute Gasteiger partial charge is 0.320 e. The van der Waals surface area contributed by atoms with Crippen molar-refractivity contribution in [3.63, 3.8) is 0 Å². The molecule has 2 aromatic heterocycles. The number of carbonyl (C=O) groups is 1. The molecule has 0 saturated heterocycles. The monoisotopic (exact) mass is 400 g/mol. The number of hydrogen-bond donors (Lipinski definition) is 2. The second-order valence-corrected chi connectivity index (χ2v) is 6.85. The molecular weight excluding hydrogens is 384 g/mol. The standard InChI is InChI=1S/C22H16N4O4/c1-30-20-8-10-24-18(20)12-16-21-15(13-5-6-17-14(11-13)7-9-23-17)3-2-4-19(21)25(22(16)27)26(28)29/h2-12,23-24H,1H3. The number of methoxy groups -OCH3 is 1. The van der Waals surface area contributed by atoms with E-state index in [1.807, 2.05) is 36.5 Å². The van der Waals surface area contributed by atoms with E-state index in [1.54, 1.807) is 30.5 Å². The van der Waals surface area contributed by atoms with Gasteiger partial charge < -0.3 is 14.7 Å². The molecule has 2 aromatic carbocycles. The Labute approximate surface area is 170 Å². The van der Waals surface area contributed by atoms with E-state index in [-0.39, 0.29) is 11.3 Å². The number of nitro groups is 1. The lowest BCUT2D eigenvalue weighted by Gasteiger charge is -2.09. The number of benzene rings is 2. The van der Waals surface area contributed by atoms with Gasteiger partial charge in [0.1, 0.15) is 11.4 Å².